The molecule has 2 saturated heterocycles. The molecule has 106 valence electrons. The van der Waals surface area contributed by atoms with Crippen molar-refractivity contribution < 1.29 is 19.5 Å². The summed E-state index contributed by atoms with van der Waals surface area (Å²) >= 11 is 0. The molecule has 0 aliphatic carbocycles. The van der Waals surface area contributed by atoms with Gasteiger partial charge >= 0.3 is 12.0 Å². The molecule has 2 fully saturated rings. The molecule has 0 radical (unpaired) electrons. The highest BCUT2D eigenvalue weighted by molar-refractivity contribution is 5.88. The molecule has 3 N–H and O–H groups in total. The average Bonchev–Trinajstić information content (AvgIpc) is 2.87. The fraction of sp³-hybridized carbons (Fsp3) is 0.750. The number of carbonyl (C=O) groups is 3. The van der Waals surface area contributed by atoms with Gasteiger partial charge in [-0.25, -0.2) is 9.59 Å². The molecule has 0 spiro atoms. The number of hydrogen-bond donors (Lipinski definition) is 2. The molecular weight excluding hydrogens is 250 g/mol. The number of piperidine rings is 1. The number of carboxylic acids is 1. The van der Waals surface area contributed by atoms with E-state index in [1.54, 1.807) is 0 Å². The van der Waals surface area contributed by atoms with E-state index in [4.69, 9.17) is 5.73 Å². The lowest BCUT2D eigenvalue weighted by atomic mass is 10.0. The van der Waals surface area contributed by atoms with Crippen LogP contribution in [-0.4, -0.2) is 58.0 Å². The number of rotatable bonds is 2. The Labute approximate surface area is 111 Å². The SMILES string of the molecule is NC(=O)C1CCCN1C(=O)N1CCCCC1C(=O)O. The second-order valence-electron chi connectivity index (χ2n) is 5.08. The molecule has 2 heterocycles. The highest BCUT2D eigenvalue weighted by atomic mass is 16.4. The highest BCUT2D eigenvalue weighted by Crippen LogP contribution is 2.24. The van der Waals surface area contributed by atoms with E-state index in [9.17, 15) is 19.5 Å². The van der Waals surface area contributed by atoms with Crippen LogP contribution < -0.4 is 5.73 Å². The summed E-state index contributed by atoms with van der Waals surface area (Å²) in [6, 6.07) is -1.74. The minimum atomic E-state index is -0.983. The fourth-order valence-corrected chi connectivity index (χ4v) is 2.87. The van der Waals surface area contributed by atoms with Crippen LogP contribution in [0.1, 0.15) is 32.1 Å². The first kappa shape index (κ1) is 13.6. The third kappa shape index (κ3) is 2.64. The summed E-state index contributed by atoms with van der Waals surface area (Å²) in [5, 5.41) is 9.17. The van der Waals surface area contributed by atoms with E-state index in [1.165, 1.54) is 9.80 Å². The average molecular weight is 269 g/mol. The monoisotopic (exact) mass is 269 g/mol. The van der Waals surface area contributed by atoms with Crippen LogP contribution in [0, 0.1) is 0 Å². The van der Waals surface area contributed by atoms with Crippen molar-refractivity contribution in [3.8, 4) is 0 Å². The summed E-state index contributed by atoms with van der Waals surface area (Å²) in [6.45, 7) is 0.896. The van der Waals surface area contributed by atoms with E-state index in [1.807, 2.05) is 0 Å². The molecule has 0 aromatic carbocycles. The maximum absolute atomic E-state index is 12.4. The zero-order chi connectivity index (χ0) is 14.0. The molecule has 0 aromatic rings. The molecule has 2 rings (SSSR count). The van der Waals surface area contributed by atoms with E-state index < -0.39 is 24.0 Å². The summed E-state index contributed by atoms with van der Waals surface area (Å²) in [6.07, 6.45) is 3.36. The first-order valence-electron chi connectivity index (χ1n) is 6.61. The zero-order valence-electron chi connectivity index (χ0n) is 10.7. The van der Waals surface area contributed by atoms with Crippen LogP contribution in [0.15, 0.2) is 0 Å². The van der Waals surface area contributed by atoms with E-state index in [2.05, 4.69) is 0 Å². The van der Waals surface area contributed by atoms with Crippen molar-refractivity contribution in [1.29, 1.82) is 0 Å². The Hall–Kier alpha value is -1.79. The van der Waals surface area contributed by atoms with Crippen LogP contribution in [-0.2, 0) is 9.59 Å². The molecule has 2 aliphatic rings. The number of aliphatic carboxylic acids is 1. The molecule has 3 amide bonds. The van der Waals surface area contributed by atoms with Crippen molar-refractivity contribution in [2.24, 2.45) is 5.73 Å². The Morgan fingerprint density at radius 3 is 2.16 bits per heavy atom. The summed E-state index contributed by atoms with van der Waals surface area (Å²) in [5.41, 5.74) is 5.28. The van der Waals surface area contributed by atoms with Gasteiger partial charge in [0.1, 0.15) is 12.1 Å². The fourth-order valence-electron chi connectivity index (χ4n) is 2.87. The standard InChI is InChI=1S/C12H19N3O4/c13-10(16)8-5-3-7-14(8)12(19)15-6-2-1-4-9(15)11(17)18/h8-9H,1-7H2,(H2,13,16)(H,17,18). The van der Waals surface area contributed by atoms with Gasteiger partial charge in [-0.2, -0.15) is 0 Å². The predicted octanol–water partition coefficient (Wildman–Crippen LogP) is -0.00480. The number of likely N-dealkylation sites (tertiary alicyclic amines) is 2. The lowest BCUT2D eigenvalue weighted by molar-refractivity contribution is -0.143. The number of carbonyl (C=O) groups excluding carboxylic acids is 2. The van der Waals surface area contributed by atoms with Crippen molar-refractivity contribution in [3.05, 3.63) is 0 Å². The van der Waals surface area contributed by atoms with Crippen LogP contribution >= 0.6 is 0 Å². The Kier molecular flexibility index (Phi) is 3.92. The molecule has 0 saturated carbocycles. The number of nitrogens with two attached hydrogens (primary N) is 1. The summed E-state index contributed by atoms with van der Waals surface area (Å²) in [5.74, 6) is -1.50. The Morgan fingerprint density at radius 1 is 0.947 bits per heavy atom. The minimum absolute atomic E-state index is 0.367. The molecule has 0 aromatic heterocycles. The largest absolute Gasteiger partial charge is 0.480 e. The quantitative estimate of drug-likeness (QED) is 0.736. The Bertz CT molecular complexity index is 398. The number of primary amides is 1. The third-order valence-electron chi connectivity index (χ3n) is 3.86. The van der Waals surface area contributed by atoms with Gasteiger partial charge in [0.15, 0.2) is 0 Å². The molecule has 0 bridgehead atoms. The Morgan fingerprint density at radius 2 is 1.53 bits per heavy atom. The molecule has 2 unspecified atom stereocenters. The van der Waals surface area contributed by atoms with E-state index in [-0.39, 0.29) is 6.03 Å². The molecule has 7 heteroatoms. The maximum atomic E-state index is 12.4. The van der Waals surface area contributed by atoms with Crippen molar-refractivity contribution >= 4 is 17.9 Å². The van der Waals surface area contributed by atoms with Gasteiger partial charge in [0.25, 0.3) is 0 Å². The number of amides is 3. The second kappa shape index (κ2) is 5.46. The van der Waals surface area contributed by atoms with E-state index in [0.29, 0.717) is 25.9 Å². The number of carboxylic acid groups (broad SMARTS) is 1. The minimum Gasteiger partial charge on any atom is -0.480 e. The number of nitrogens with zero attached hydrogens (tertiary/aromatic N) is 2. The molecule has 19 heavy (non-hydrogen) atoms. The molecular formula is C12H19N3O4. The van der Waals surface area contributed by atoms with Crippen molar-refractivity contribution in [2.45, 2.75) is 44.2 Å². The molecule has 2 aliphatic heterocycles. The van der Waals surface area contributed by atoms with Crippen LogP contribution in [0.2, 0.25) is 0 Å². The normalized spacial score (nSPS) is 27.4. The van der Waals surface area contributed by atoms with Gasteiger partial charge in [-0.15, -0.1) is 0 Å². The first-order valence-corrected chi connectivity index (χ1v) is 6.61. The van der Waals surface area contributed by atoms with Gasteiger partial charge in [0.05, 0.1) is 0 Å². The molecule has 7 nitrogen and oxygen atoms in total. The highest BCUT2D eigenvalue weighted by Gasteiger charge is 2.39. The topological polar surface area (TPSA) is 104 Å². The molecule has 2 atom stereocenters. The van der Waals surface area contributed by atoms with Crippen molar-refractivity contribution in [2.75, 3.05) is 13.1 Å². The number of hydrogen-bond acceptors (Lipinski definition) is 3. The lowest BCUT2D eigenvalue weighted by Crippen LogP contribution is -2.55. The van der Waals surface area contributed by atoms with Gasteiger partial charge in [-0.1, -0.05) is 0 Å². The van der Waals surface area contributed by atoms with Crippen molar-refractivity contribution in [1.82, 2.24) is 9.80 Å². The van der Waals surface area contributed by atoms with Gasteiger partial charge in [0, 0.05) is 13.1 Å². The predicted molar refractivity (Wildman–Crippen MR) is 66.3 cm³/mol. The second-order valence-corrected chi connectivity index (χ2v) is 5.08. The lowest BCUT2D eigenvalue weighted by Gasteiger charge is -2.37. The van der Waals surface area contributed by atoms with Crippen LogP contribution in [0.4, 0.5) is 4.79 Å². The van der Waals surface area contributed by atoms with Gasteiger partial charge in [-0.3, -0.25) is 4.79 Å². The van der Waals surface area contributed by atoms with E-state index in [0.717, 1.165) is 19.3 Å². The van der Waals surface area contributed by atoms with Gasteiger partial charge in [0.2, 0.25) is 5.91 Å². The van der Waals surface area contributed by atoms with Crippen LogP contribution in [0.25, 0.3) is 0 Å². The Balaban J connectivity index is 2.13. The van der Waals surface area contributed by atoms with Gasteiger partial charge in [-0.05, 0) is 32.1 Å². The summed E-state index contributed by atoms with van der Waals surface area (Å²) in [4.78, 5) is 37.7. The smallest absolute Gasteiger partial charge is 0.326 e. The third-order valence-corrected chi connectivity index (χ3v) is 3.86. The summed E-state index contributed by atoms with van der Waals surface area (Å²) in [7, 11) is 0. The van der Waals surface area contributed by atoms with Crippen molar-refractivity contribution in [3.63, 3.8) is 0 Å². The first-order chi connectivity index (χ1) is 9.02. The number of urea groups is 1. The summed E-state index contributed by atoms with van der Waals surface area (Å²) < 4.78 is 0. The maximum Gasteiger partial charge on any atom is 0.326 e. The van der Waals surface area contributed by atoms with Gasteiger partial charge < -0.3 is 20.6 Å². The van der Waals surface area contributed by atoms with E-state index >= 15 is 0 Å². The van der Waals surface area contributed by atoms with Crippen LogP contribution in [0.3, 0.4) is 0 Å². The zero-order valence-corrected chi connectivity index (χ0v) is 10.7. The van der Waals surface area contributed by atoms with Crippen LogP contribution in [0.5, 0.6) is 0 Å².